The highest BCUT2D eigenvalue weighted by atomic mass is 16.5. The largest absolute Gasteiger partial charge is 0.494 e. The molecule has 0 spiro atoms. The molecule has 0 aliphatic carbocycles. The number of nitrogens with one attached hydrogen (secondary N) is 2. The van der Waals surface area contributed by atoms with E-state index in [1.807, 2.05) is 20.0 Å². The van der Waals surface area contributed by atoms with Gasteiger partial charge in [-0.1, -0.05) is 0 Å². The molecule has 3 nitrogen and oxygen atoms in total. The maximum atomic E-state index is 5.47. The number of hydrogen-bond donors (Lipinski definition) is 2. The van der Waals surface area contributed by atoms with Crippen LogP contribution in [0.5, 0.6) is 5.75 Å². The Kier molecular flexibility index (Phi) is 2.59. The van der Waals surface area contributed by atoms with Gasteiger partial charge in [-0.2, -0.15) is 0 Å². The van der Waals surface area contributed by atoms with Crippen molar-refractivity contribution in [3.63, 3.8) is 0 Å². The van der Waals surface area contributed by atoms with Gasteiger partial charge < -0.3 is 15.4 Å². The molecular formula is C11H16N2O. The first kappa shape index (κ1) is 9.34. The van der Waals surface area contributed by atoms with Crippen LogP contribution >= 0.6 is 0 Å². The smallest absolute Gasteiger partial charge is 0.119 e. The lowest BCUT2D eigenvalue weighted by molar-refractivity contribution is 0.340. The summed E-state index contributed by atoms with van der Waals surface area (Å²) in [5.41, 5.74) is 2.52. The molecule has 0 bridgehead atoms. The summed E-state index contributed by atoms with van der Waals surface area (Å²) in [5.74, 6) is 0.954. The van der Waals surface area contributed by atoms with Crippen molar-refractivity contribution < 1.29 is 4.74 Å². The predicted molar refractivity (Wildman–Crippen MR) is 57.9 cm³/mol. The van der Waals surface area contributed by atoms with E-state index in [1.54, 1.807) is 0 Å². The van der Waals surface area contributed by atoms with Crippen molar-refractivity contribution in [3.05, 3.63) is 23.8 Å². The van der Waals surface area contributed by atoms with Crippen molar-refractivity contribution in [3.8, 4) is 5.75 Å². The molecule has 1 unspecified atom stereocenters. The van der Waals surface area contributed by atoms with Crippen LogP contribution in [0.25, 0.3) is 0 Å². The monoisotopic (exact) mass is 192 g/mol. The molecule has 0 saturated heterocycles. The van der Waals surface area contributed by atoms with Gasteiger partial charge in [-0.05, 0) is 37.7 Å². The average Bonchev–Trinajstić information content (AvgIpc) is 2.60. The molecule has 1 heterocycles. The van der Waals surface area contributed by atoms with E-state index < -0.39 is 0 Å². The van der Waals surface area contributed by atoms with Gasteiger partial charge in [0.05, 0.1) is 12.6 Å². The Morgan fingerprint density at radius 1 is 1.57 bits per heavy atom. The van der Waals surface area contributed by atoms with Gasteiger partial charge in [0.25, 0.3) is 0 Å². The van der Waals surface area contributed by atoms with Gasteiger partial charge in [0.2, 0.25) is 0 Å². The quantitative estimate of drug-likeness (QED) is 0.765. The van der Waals surface area contributed by atoms with Crippen molar-refractivity contribution in [2.24, 2.45) is 0 Å². The van der Waals surface area contributed by atoms with Crippen LogP contribution in [0.3, 0.4) is 0 Å². The second kappa shape index (κ2) is 3.88. The predicted octanol–water partition coefficient (Wildman–Crippen LogP) is 1.77. The van der Waals surface area contributed by atoms with Crippen LogP contribution in [0, 0.1) is 0 Å². The van der Waals surface area contributed by atoms with E-state index in [1.165, 1.54) is 11.3 Å². The third-order valence-electron chi connectivity index (χ3n) is 2.55. The normalized spacial score (nSPS) is 18.9. The molecule has 1 aliphatic heterocycles. The summed E-state index contributed by atoms with van der Waals surface area (Å²) in [6.45, 7) is 3.68. The summed E-state index contributed by atoms with van der Waals surface area (Å²) >= 11 is 0. The molecule has 14 heavy (non-hydrogen) atoms. The third kappa shape index (κ3) is 1.55. The summed E-state index contributed by atoms with van der Waals surface area (Å²) < 4.78 is 5.47. The minimum atomic E-state index is 0.408. The Hall–Kier alpha value is -1.22. The zero-order valence-electron chi connectivity index (χ0n) is 8.63. The fraction of sp³-hybridized carbons (Fsp3) is 0.455. The Labute approximate surface area is 84.5 Å². The fourth-order valence-corrected chi connectivity index (χ4v) is 1.83. The van der Waals surface area contributed by atoms with E-state index in [0.717, 1.165) is 18.9 Å². The average molecular weight is 192 g/mol. The molecule has 2 rings (SSSR count). The lowest BCUT2D eigenvalue weighted by atomic mass is 10.1. The maximum Gasteiger partial charge on any atom is 0.119 e. The molecule has 1 aliphatic rings. The Bertz CT molecular complexity index is 325. The standard InChI is InChI=1S/C11H16N2O/c1-3-14-8-4-5-10-9(6-8)11(12-2)7-13-10/h4-6,11-13H,3,7H2,1-2H3. The van der Waals surface area contributed by atoms with E-state index in [4.69, 9.17) is 4.74 Å². The molecule has 0 radical (unpaired) electrons. The van der Waals surface area contributed by atoms with Gasteiger partial charge in [-0.25, -0.2) is 0 Å². The molecule has 76 valence electrons. The summed E-state index contributed by atoms with van der Waals surface area (Å²) in [4.78, 5) is 0. The lowest BCUT2D eigenvalue weighted by Crippen LogP contribution is -2.17. The molecule has 0 amide bonds. The van der Waals surface area contributed by atoms with Crippen LogP contribution in [-0.2, 0) is 0 Å². The zero-order chi connectivity index (χ0) is 9.97. The number of rotatable bonds is 3. The van der Waals surface area contributed by atoms with Crippen molar-refractivity contribution >= 4 is 5.69 Å². The van der Waals surface area contributed by atoms with Crippen LogP contribution in [0.1, 0.15) is 18.5 Å². The van der Waals surface area contributed by atoms with E-state index in [-0.39, 0.29) is 0 Å². The second-order valence-electron chi connectivity index (χ2n) is 3.40. The number of likely N-dealkylation sites (N-methyl/N-ethyl adjacent to an activating group) is 1. The van der Waals surface area contributed by atoms with Crippen LogP contribution in [0.15, 0.2) is 18.2 Å². The van der Waals surface area contributed by atoms with Crippen LogP contribution in [0.2, 0.25) is 0 Å². The van der Waals surface area contributed by atoms with Crippen molar-refractivity contribution in [1.29, 1.82) is 0 Å². The maximum absolute atomic E-state index is 5.47. The minimum Gasteiger partial charge on any atom is -0.494 e. The van der Waals surface area contributed by atoms with Crippen molar-refractivity contribution in [2.45, 2.75) is 13.0 Å². The van der Waals surface area contributed by atoms with Crippen LogP contribution in [0.4, 0.5) is 5.69 Å². The first-order valence-corrected chi connectivity index (χ1v) is 5.03. The molecule has 0 aromatic heterocycles. The molecule has 0 saturated carbocycles. The molecule has 2 N–H and O–H groups in total. The number of benzene rings is 1. The van der Waals surface area contributed by atoms with Gasteiger partial charge in [-0.3, -0.25) is 0 Å². The molecule has 1 atom stereocenters. The molecule has 3 heteroatoms. The SMILES string of the molecule is CCOc1ccc2c(c1)C(NC)CN2. The lowest BCUT2D eigenvalue weighted by Gasteiger charge is -2.09. The highest BCUT2D eigenvalue weighted by Crippen LogP contribution is 2.32. The molecule has 1 aromatic carbocycles. The molecular weight excluding hydrogens is 176 g/mol. The topological polar surface area (TPSA) is 33.3 Å². The van der Waals surface area contributed by atoms with Gasteiger partial charge >= 0.3 is 0 Å². The summed E-state index contributed by atoms with van der Waals surface area (Å²) in [6, 6.07) is 6.61. The molecule has 0 fully saturated rings. The van der Waals surface area contributed by atoms with Crippen molar-refractivity contribution in [2.75, 3.05) is 25.5 Å². The zero-order valence-corrected chi connectivity index (χ0v) is 8.63. The number of fused-ring (bicyclic) bond motifs is 1. The first-order valence-electron chi connectivity index (χ1n) is 5.03. The third-order valence-corrected chi connectivity index (χ3v) is 2.55. The van der Waals surface area contributed by atoms with Gasteiger partial charge in [-0.15, -0.1) is 0 Å². The first-order chi connectivity index (χ1) is 6.85. The highest BCUT2D eigenvalue weighted by Gasteiger charge is 2.20. The minimum absolute atomic E-state index is 0.408. The van der Waals surface area contributed by atoms with Crippen LogP contribution < -0.4 is 15.4 Å². The van der Waals surface area contributed by atoms with Gasteiger partial charge in [0.1, 0.15) is 5.75 Å². The van der Waals surface area contributed by atoms with E-state index in [9.17, 15) is 0 Å². The van der Waals surface area contributed by atoms with E-state index in [0.29, 0.717) is 6.04 Å². The van der Waals surface area contributed by atoms with Gasteiger partial charge in [0, 0.05) is 12.2 Å². The Morgan fingerprint density at radius 3 is 3.14 bits per heavy atom. The van der Waals surface area contributed by atoms with Crippen molar-refractivity contribution in [1.82, 2.24) is 5.32 Å². The van der Waals surface area contributed by atoms with Crippen LogP contribution in [-0.4, -0.2) is 20.2 Å². The number of ether oxygens (including phenoxy) is 1. The summed E-state index contributed by atoms with van der Waals surface area (Å²) in [7, 11) is 1.98. The van der Waals surface area contributed by atoms with Gasteiger partial charge in [0.15, 0.2) is 0 Å². The Balaban J connectivity index is 2.28. The Morgan fingerprint density at radius 2 is 2.43 bits per heavy atom. The number of anilines is 1. The second-order valence-corrected chi connectivity index (χ2v) is 3.40. The summed E-state index contributed by atoms with van der Waals surface area (Å²) in [6.07, 6.45) is 0. The fourth-order valence-electron chi connectivity index (χ4n) is 1.83. The van der Waals surface area contributed by atoms with E-state index in [2.05, 4.69) is 22.8 Å². The van der Waals surface area contributed by atoms with E-state index >= 15 is 0 Å². The number of hydrogen-bond acceptors (Lipinski definition) is 3. The summed E-state index contributed by atoms with van der Waals surface area (Å²) in [5, 5.41) is 6.62. The highest BCUT2D eigenvalue weighted by molar-refractivity contribution is 5.59. The molecule has 1 aromatic rings.